The monoisotopic (exact) mass is 253 g/mol. The summed E-state index contributed by atoms with van der Waals surface area (Å²) in [7, 11) is 1.82. The average molecular weight is 253 g/mol. The Morgan fingerprint density at radius 2 is 2.19 bits per heavy atom. The summed E-state index contributed by atoms with van der Waals surface area (Å²) in [5, 5.41) is 7.12. The Bertz CT molecular complexity index is 335. The maximum Gasteiger partial charge on any atom is 0.441 e. The van der Waals surface area contributed by atoms with Gasteiger partial charge in [-0.3, -0.25) is 4.68 Å². The molecule has 1 aromatic rings. The fraction of sp³-hybridized carbons (Fsp3) is 0.667. The summed E-state index contributed by atoms with van der Waals surface area (Å²) < 4.78 is 37.2. The first kappa shape index (κ1) is 13.4. The highest BCUT2D eigenvalue weighted by Crippen LogP contribution is 2.29. The zero-order valence-corrected chi connectivity index (χ0v) is 9.95. The second-order valence-electron chi connectivity index (χ2n) is 3.33. The van der Waals surface area contributed by atoms with E-state index in [0.29, 0.717) is 6.54 Å². The molecule has 0 amide bonds. The van der Waals surface area contributed by atoms with E-state index in [4.69, 9.17) is 0 Å². The van der Waals surface area contributed by atoms with Gasteiger partial charge in [0.15, 0.2) is 0 Å². The van der Waals surface area contributed by atoms with Crippen LogP contribution >= 0.6 is 11.8 Å². The fourth-order valence-corrected chi connectivity index (χ4v) is 1.80. The average Bonchev–Trinajstić information content (AvgIpc) is 2.46. The van der Waals surface area contributed by atoms with Crippen molar-refractivity contribution in [2.45, 2.75) is 25.5 Å². The lowest BCUT2D eigenvalue weighted by Gasteiger charge is -2.04. The van der Waals surface area contributed by atoms with Gasteiger partial charge in [-0.1, -0.05) is 0 Å². The molecule has 0 radical (unpaired) electrons. The van der Waals surface area contributed by atoms with Crippen LogP contribution in [0.1, 0.15) is 11.3 Å². The Labute approximate surface area is 96.4 Å². The molecule has 0 bridgehead atoms. The van der Waals surface area contributed by atoms with Crippen molar-refractivity contribution in [3.05, 3.63) is 17.5 Å². The highest BCUT2D eigenvalue weighted by Gasteiger charge is 2.27. The SMILES string of the molecule is CNCc1cn(CCSC(F)(F)F)nc1C. The van der Waals surface area contributed by atoms with Crippen LogP contribution in [0.3, 0.4) is 0 Å². The Morgan fingerprint density at radius 1 is 1.50 bits per heavy atom. The van der Waals surface area contributed by atoms with Crippen LogP contribution in [0.2, 0.25) is 0 Å². The van der Waals surface area contributed by atoms with Crippen molar-refractivity contribution in [3.8, 4) is 0 Å². The lowest BCUT2D eigenvalue weighted by Crippen LogP contribution is -2.07. The fourth-order valence-electron chi connectivity index (χ4n) is 1.29. The lowest BCUT2D eigenvalue weighted by molar-refractivity contribution is -0.0328. The largest absolute Gasteiger partial charge is 0.441 e. The molecule has 16 heavy (non-hydrogen) atoms. The number of alkyl halides is 3. The van der Waals surface area contributed by atoms with Crippen LogP contribution in [0.15, 0.2) is 6.20 Å². The van der Waals surface area contributed by atoms with Gasteiger partial charge in [0, 0.05) is 24.1 Å². The Kier molecular flexibility index (Phi) is 4.67. The van der Waals surface area contributed by atoms with Crippen molar-refractivity contribution >= 4 is 11.8 Å². The summed E-state index contributed by atoms with van der Waals surface area (Å²) in [6, 6.07) is 0. The first-order valence-corrected chi connectivity index (χ1v) is 5.79. The number of hydrogen-bond donors (Lipinski definition) is 1. The van der Waals surface area contributed by atoms with Gasteiger partial charge < -0.3 is 5.32 Å². The van der Waals surface area contributed by atoms with E-state index in [-0.39, 0.29) is 24.1 Å². The third kappa shape index (κ3) is 4.44. The number of hydrogen-bond acceptors (Lipinski definition) is 3. The van der Waals surface area contributed by atoms with Crippen LogP contribution in [0, 0.1) is 6.92 Å². The van der Waals surface area contributed by atoms with Crippen LogP contribution in [0.25, 0.3) is 0 Å². The zero-order chi connectivity index (χ0) is 12.2. The molecule has 0 fully saturated rings. The van der Waals surface area contributed by atoms with E-state index < -0.39 is 5.51 Å². The van der Waals surface area contributed by atoms with Crippen molar-refractivity contribution < 1.29 is 13.2 Å². The van der Waals surface area contributed by atoms with Crippen LogP contribution in [-0.4, -0.2) is 28.1 Å². The van der Waals surface area contributed by atoms with Gasteiger partial charge in [0.25, 0.3) is 0 Å². The van der Waals surface area contributed by atoms with Crippen molar-refractivity contribution in [3.63, 3.8) is 0 Å². The van der Waals surface area contributed by atoms with Crippen molar-refractivity contribution in [2.24, 2.45) is 0 Å². The molecule has 92 valence electrons. The van der Waals surface area contributed by atoms with Crippen LogP contribution < -0.4 is 5.32 Å². The predicted molar refractivity (Wildman–Crippen MR) is 58.2 cm³/mol. The number of aromatic nitrogens is 2. The molecule has 1 N–H and O–H groups in total. The number of rotatable bonds is 5. The molecular formula is C9H14F3N3S. The van der Waals surface area contributed by atoms with E-state index in [1.54, 1.807) is 10.9 Å². The van der Waals surface area contributed by atoms with Gasteiger partial charge >= 0.3 is 5.51 Å². The number of nitrogens with zero attached hydrogens (tertiary/aromatic N) is 2. The van der Waals surface area contributed by atoms with Crippen molar-refractivity contribution in [1.82, 2.24) is 15.1 Å². The van der Waals surface area contributed by atoms with Crippen molar-refractivity contribution in [1.29, 1.82) is 0 Å². The third-order valence-electron chi connectivity index (χ3n) is 2.00. The molecule has 7 heteroatoms. The molecular weight excluding hydrogens is 239 g/mol. The summed E-state index contributed by atoms with van der Waals surface area (Å²) in [4.78, 5) is 0. The molecule has 1 rings (SSSR count). The van der Waals surface area contributed by atoms with E-state index >= 15 is 0 Å². The smallest absolute Gasteiger partial charge is 0.316 e. The summed E-state index contributed by atoms with van der Waals surface area (Å²) in [6.07, 6.45) is 1.78. The Balaban J connectivity index is 2.46. The number of halogens is 3. The maximum atomic E-state index is 11.9. The van der Waals surface area contributed by atoms with Crippen LogP contribution in [-0.2, 0) is 13.1 Å². The van der Waals surface area contributed by atoms with E-state index in [0.717, 1.165) is 11.3 Å². The standard InChI is InChI=1S/C9H14F3N3S/c1-7-8(5-13-2)6-15(14-7)3-4-16-9(10,11)12/h6,13H,3-5H2,1-2H3. The minimum atomic E-state index is -4.16. The summed E-state index contributed by atoms with van der Waals surface area (Å²) >= 11 is -0.0196. The van der Waals surface area contributed by atoms with Gasteiger partial charge in [-0.25, -0.2) is 0 Å². The molecule has 0 spiro atoms. The van der Waals surface area contributed by atoms with Gasteiger partial charge in [-0.05, 0) is 25.7 Å². The molecule has 0 unspecified atom stereocenters. The lowest BCUT2D eigenvalue weighted by atomic mass is 10.3. The van der Waals surface area contributed by atoms with Crippen LogP contribution in [0.5, 0.6) is 0 Å². The molecule has 3 nitrogen and oxygen atoms in total. The van der Waals surface area contributed by atoms with Gasteiger partial charge in [0.05, 0.1) is 12.2 Å². The quantitative estimate of drug-likeness (QED) is 0.872. The molecule has 0 aliphatic heterocycles. The third-order valence-corrected chi connectivity index (χ3v) is 2.72. The van der Waals surface area contributed by atoms with Gasteiger partial charge in [0.1, 0.15) is 0 Å². The molecule has 0 aliphatic rings. The van der Waals surface area contributed by atoms with E-state index in [1.165, 1.54) is 0 Å². The zero-order valence-electron chi connectivity index (χ0n) is 9.14. The minimum absolute atomic E-state index is 0.0103. The van der Waals surface area contributed by atoms with E-state index in [1.807, 2.05) is 14.0 Å². The molecule has 0 aromatic carbocycles. The first-order valence-electron chi connectivity index (χ1n) is 4.80. The molecule has 1 aromatic heterocycles. The molecule has 0 aliphatic carbocycles. The highest BCUT2D eigenvalue weighted by molar-refractivity contribution is 8.00. The number of aryl methyl sites for hydroxylation is 2. The van der Waals surface area contributed by atoms with E-state index in [2.05, 4.69) is 10.4 Å². The molecule has 1 heterocycles. The van der Waals surface area contributed by atoms with Gasteiger partial charge in [0.2, 0.25) is 0 Å². The Hall–Kier alpha value is -0.690. The summed E-state index contributed by atoms with van der Waals surface area (Å²) in [5.74, 6) is -0.0103. The molecule has 0 saturated carbocycles. The van der Waals surface area contributed by atoms with Crippen LogP contribution in [0.4, 0.5) is 13.2 Å². The number of thioether (sulfide) groups is 1. The summed E-state index contributed by atoms with van der Waals surface area (Å²) in [5.41, 5.74) is -2.29. The second-order valence-corrected chi connectivity index (χ2v) is 4.49. The highest BCUT2D eigenvalue weighted by atomic mass is 32.2. The van der Waals surface area contributed by atoms with Crippen molar-refractivity contribution in [2.75, 3.05) is 12.8 Å². The van der Waals surface area contributed by atoms with E-state index in [9.17, 15) is 13.2 Å². The normalized spacial score (nSPS) is 12.1. The second kappa shape index (κ2) is 5.58. The summed E-state index contributed by atoms with van der Waals surface area (Å²) in [6.45, 7) is 2.80. The predicted octanol–water partition coefficient (Wildman–Crippen LogP) is 2.16. The van der Waals surface area contributed by atoms with Gasteiger partial charge in [-0.2, -0.15) is 18.3 Å². The molecule has 0 saturated heterocycles. The Morgan fingerprint density at radius 3 is 2.75 bits per heavy atom. The first-order chi connectivity index (χ1) is 7.42. The van der Waals surface area contributed by atoms with Gasteiger partial charge in [-0.15, -0.1) is 0 Å². The topological polar surface area (TPSA) is 29.9 Å². The molecule has 0 atom stereocenters. The maximum absolute atomic E-state index is 11.9. The minimum Gasteiger partial charge on any atom is -0.316 e. The number of nitrogens with one attached hydrogen (secondary N) is 1.